The number of aromatic nitrogens is 3. The Morgan fingerprint density at radius 3 is 3.00 bits per heavy atom. The number of hydrogen-bond donors (Lipinski definition) is 0. The van der Waals surface area contributed by atoms with E-state index in [1.807, 2.05) is 31.3 Å². The Labute approximate surface area is 127 Å². The van der Waals surface area contributed by atoms with E-state index < -0.39 is 0 Å². The first kappa shape index (κ1) is 13.3. The van der Waals surface area contributed by atoms with E-state index in [1.165, 1.54) is 0 Å². The number of aryl methyl sites for hydroxylation is 1. The minimum Gasteiger partial charge on any atom is -0.497 e. The van der Waals surface area contributed by atoms with Crippen LogP contribution < -0.4 is 4.74 Å². The molecule has 1 aliphatic rings. The summed E-state index contributed by atoms with van der Waals surface area (Å²) in [5.41, 5.74) is 2.00. The minimum atomic E-state index is 0.243. The van der Waals surface area contributed by atoms with E-state index in [0.717, 1.165) is 41.2 Å². The highest BCUT2D eigenvalue weighted by atomic mass is 16.5. The minimum absolute atomic E-state index is 0.243. The van der Waals surface area contributed by atoms with Crippen LogP contribution >= 0.6 is 0 Å². The zero-order chi connectivity index (χ0) is 15.1. The first-order valence-corrected chi connectivity index (χ1v) is 7.31. The van der Waals surface area contributed by atoms with Gasteiger partial charge in [-0.15, -0.1) is 0 Å². The Balaban J connectivity index is 1.75. The fourth-order valence-corrected chi connectivity index (χ4v) is 2.90. The van der Waals surface area contributed by atoms with Crippen LogP contribution in [0.25, 0.3) is 22.5 Å². The van der Waals surface area contributed by atoms with Crippen LogP contribution in [0.5, 0.6) is 5.75 Å². The van der Waals surface area contributed by atoms with Gasteiger partial charge in [-0.05, 0) is 30.7 Å². The van der Waals surface area contributed by atoms with E-state index in [2.05, 4.69) is 14.7 Å². The van der Waals surface area contributed by atoms with E-state index in [0.29, 0.717) is 12.5 Å². The molecule has 0 unspecified atom stereocenters. The Bertz CT molecular complexity index is 815. The van der Waals surface area contributed by atoms with Crippen LogP contribution in [0, 0.1) is 0 Å². The lowest BCUT2D eigenvalue weighted by molar-refractivity contribution is 0.192. The molecule has 2 aromatic heterocycles. The molecular formula is C16H17N3O3. The standard InChI is InChI=1S/C16H17N3O3/c1-19-13-4-3-12(20-2)7-11(13)8-14(19)16-17-15(18-22-16)10-5-6-21-9-10/h3-4,7-8,10H,5-6,9H2,1-2H3/t10-/m1/s1. The smallest absolute Gasteiger partial charge is 0.274 e. The molecule has 4 rings (SSSR count). The van der Waals surface area contributed by atoms with Gasteiger partial charge in [-0.25, -0.2) is 0 Å². The third-order valence-electron chi connectivity index (χ3n) is 4.21. The Morgan fingerprint density at radius 1 is 1.32 bits per heavy atom. The monoisotopic (exact) mass is 299 g/mol. The van der Waals surface area contributed by atoms with Crippen LogP contribution in [0.3, 0.4) is 0 Å². The van der Waals surface area contributed by atoms with E-state index in [-0.39, 0.29) is 5.92 Å². The summed E-state index contributed by atoms with van der Waals surface area (Å²) >= 11 is 0. The molecule has 0 aliphatic carbocycles. The molecule has 22 heavy (non-hydrogen) atoms. The van der Waals surface area contributed by atoms with Crippen molar-refractivity contribution in [2.45, 2.75) is 12.3 Å². The Hall–Kier alpha value is -2.34. The Morgan fingerprint density at radius 2 is 2.23 bits per heavy atom. The van der Waals surface area contributed by atoms with E-state index >= 15 is 0 Å². The number of rotatable bonds is 3. The summed E-state index contributed by atoms with van der Waals surface area (Å²) in [6.45, 7) is 1.44. The van der Waals surface area contributed by atoms with Crippen LogP contribution in [-0.4, -0.2) is 35.0 Å². The van der Waals surface area contributed by atoms with E-state index in [4.69, 9.17) is 14.0 Å². The molecular weight excluding hydrogens is 282 g/mol. The second kappa shape index (κ2) is 5.14. The predicted molar refractivity (Wildman–Crippen MR) is 80.9 cm³/mol. The summed E-state index contributed by atoms with van der Waals surface area (Å²) in [7, 11) is 3.66. The molecule has 0 spiro atoms. The van der Waals surface area contributed by atoms with Gasteiger partial charge in [0.05, 0.1) is 13.7 Å². The topological polar surface area (TPSA) is 62.3 Å². The van der Waals surface area contributed by atoms with Crippen molar-refractivity contribution in [3.63, 3.8) is 0 Å². The summed E-state index contributed by atoms with van der Waals surface area (Å²) in [4.78, 5) is 4.55. The maximum Gasteiger partial charge on any atom is 0.274 e. The van der Waals surface area contributed by atoms with Gasteiger partial charge in [0, 0.05) is 30.5 Å². The van der Waals surface area contributed by atoms with Gasteiger partial charge >= 0.3 is 0 Å². The van der Waals surface area contributed by atoms with Crippen molar-refractivity contribution in [1.82, 2.24) is 14.7 Å². The van der Waals surface area contributed by atoms with Crippen LogP contribution in [0.15, 0.2) is 28.8 Å². The average Bonchev–Trinajstić information content (AvgIpc) is 3.26. The van der Waals surface area contributed by atoms with Gasteiger partial charge in [-0.1, -0.05) is 5.16 Å². The summed E-state index contributed by atoms with van der Waals surface area (Å²) in [5, 5.41) is 5.20. The number of fused-ring (bicyclic) bond motifs is 1. The molecule has 3 heterocycles. The molecule has 0 N–H and O–H groups in total. The predicted octanol–water partition coefficient (Wildman–Crippen LogP) is 2.74. The van der Waals surface area contributed by atoms with E-state index in [1.54, 1.807) is 7.11 Å². The zero-order valence-corrected chi connectivity index (χ0v) is 12.6. The molecule has 1 atom stereocenters. The average molecular weight is 299 g/mol. The molecule has 1 saturated heterocycles. The lowest BCUT2D eigenvalue weighted by Crippen LogP contribution is -2.00. The maximum absolute atomic E-state index is 5.46. The maximum atomic E-state index is 5.46. The highest BCUT2D eigenvalue weighted by Crippen LogP contribution is 2.30. The van der Waals surface area contributed by atoms with Crippen LogP contribution in [0.2, 0.25) is 0 Å². The van der Waals surface area contributed by atoms with Gasteiger partial charge in [0.25, 0.3) is 5.89 Å². The van der Waals surface area contributed by atoms with Crippen LogP contribution in [-0.2, 0) is 11.8 Å². The molecule has 1 fully saturated rings. The van der Waals surface area contributed by atoms with Crippen molar-refractivity contribution in [3.05, 3.63) is 30.1 Å². The highest BCUT2D eigenvalue weighted by molar-refractivity contribution is 5.86. The fraction of sp³-hybridized carbons (Fsp3) is 0.375. The van der Waals surface area contributed by atoms with Gasteiger partial charge in [-0.2, -0.15) is 4.98 Å². The fourth-order valence-electron chi connectivity index (χ4n) is 2.90. The van der Waals surface area contributed by atoms with Crippen LogP contribution in [0.4, 0.5) is 0 Å². The molecule has 3 aromatic rings. The molecule has 6 heteroatoms. The third kappa shape index (κ3) is 2.07. The highest BCUT2D eigenvalue weighted by Gasteiger charge is 2.24. The quantitative estimate of drug-likeness (QED) is 0.744. The van der Waals surface area contributed by atoms with E-state index in [9.17, 15) is 0 Å². The Kier molecular flexibility index (Phi) is 3.11. The lowest BCUT2D eigenvalue weighted by atomic mass is 10.1. The molecule has 0 bridgehead atoms. The summed E-state index contributed by atoms with van der Waals surface area (Å²) < 4.78 is 18.2. The van der Waals surface area contributed by atoms with Crippen molar-refractivity contribution in [2.24, 2.45) is 7.05 Å². The number of benzene rings is 1. The molecule has 0 saturated carbocycles. The lowest BCUT2D eigenvalue weighted by Gasteiger charge is -2.01. The molecule has 114 valence electrons. The molecule has 6 nitrogen and oxygen atoms in total. The molecule has 0 radical (unpaired) electrons. The molecule has 1 aromatic carbocycles. The first-order chi connectivity index (χ1) is 10.8. The number of ether oxygens (including phenoxy) is 2. The van der Waals surface area contributed by atoms with Crippen molar-refractivity contribution in [1.29, 1.82) is 0 Å². The molecule has 1 aliphatic heterocycles. The first-order valence-electron chi connectivity index (χ1n) is 7.31. The zero-order valence-electron chi connectivity index (χ0n) is 12.6. The van der Waals surface area contributed by atoms with Gasteiger partial charge in [-0.3, -0.25) is 0 Å². The second-order valence-electron chi connectivity index (χ2n) is 5.53. The third-order valence-corrected chi connectivity index (χ3v) is 4.21. The summed E-state index contributed by atoms with van der Waals surface area (Å²) in [6.07, 6.45) is 0.950. The van der Waals surface area contributed by atoms with Gasteiger partial charge in [0.2, 0.25) is 0 Å². The SMILES string of the molecule is COc1ccc2c(c1)cc(-c1nc([C@@H]3CCOC3)no1)n2C. The second-order valence-corrected chi connectivity index (χ2v) is 5.53. The van der Waals surface area contributed by atoms with Crippen LogP contribution in [0.1, 0.15) is 18.2 Å². The van der Waals surface area contributed by atoms with Crippen molar-refractivity contribution in [3.8, 4) is 17.3 Å². The number of nitrogens with zero attached hydrogens (tertiary/aromatic N) is 3. The largest absolute Gasteiger partial charge is 0.497 e. The summed E-state index contributed by atoms with van der Waals surface area (Å²) in [6, 6.07) is 8.02. The summed E-state index contributed by atoms with van der Waals surface area (Å²) in [5.74, 6) is 2.35. The normalized spacial score (nSPS) is 18.2. The van der Waals surface area contributed by atoms with Crippen molar-refractivity contribution < 1.29 is 14.0 Å². The van der Waals surface area contributed by atoms with Gasteiger partial charge < -0.3 is 18.6 Å². The van der Waals surface area contributed by atoms with Crippen molar-refractivity contribution in [2.75, 3.05) is 20.3 Å². The molecule has 0 amide bonds. The van der Waals surface area contributed by atoms with Crippen molar-refractivity contribution >= 4 is 10.9 Å². The number of methoxy groups -OCH3 is 1. The number of hydrogen-bond acceptors (Lipinski definition) is 5. The van der Waals surface area contributed by atoms with Gasteiger partial charge in [0.15, 0.2) is 5.82 Å². The van der Waals surface area contributed by atoms with Gasteiger partial charge in [0.1, 0.15) is 11.4 Å².